The number of benzene rings is 3. The lowest BCUT2D eigenvalue weighted by molar-refractivity contribution is -0.301. The second-order valence-electron chi connectivity index (χ2n) is 8.42. The van der Waals surface area contributed by atoms with E-state index < -0.39 is 42.3 Å². The Balaban J connectivity index is 1.75. The molecule has 0 saturated carbocycles. The zero-order valence-corrected chi connectivity index (χ0v) is 19.7. The standard InChI is InChI=1S/C28H30O7/c1-19(29)34-26-24(30)23(35-27(32-2)25(26)31)18-33-28(20-12-6-3-7-13-20,21-14-8-4-9-15-21)22-16-10-5-11-17-22/h3-17,23-27,30-31H,18H2,1-2H3. The molecule has 0 amide bonds. The average molecular weight is 479 g/mol. The van der Waals surface area contributed by atoms with Crippen molar-refractivity contribution in [1.29, 1.82) is 0 Å². The third-order valence-electron chi connectivity index (χ3n) is 6.18. The first kappa shape index (κ1) is 25.0. The third-order valence-corrected chi connectivity index (χ3v) is 6.18. The molecule has 1 aliphatic rings. The third kappa shape index (κ3) is 5.15. The van der Waals surface area contributed by atoms with Gasteiger partial charge in [-0.1, -0.05) is 91.0 Å². The molecule has 3 aromatic rings. The topological polar surface area (TPSA) is 94.5 Å². The lowest BCUT2D eigenvalue weighted by Gasteiger charge is -2.43. The summed E-state index contributed by atoms with van der Waals surface area (Å²) in [6.07, 6.45) is -5.95. The highest BCUT2D eigenvalue weighted by molar-refractivity contribution is 5.66. The number of hydrogen-bond donors (Lipinski definition) is 2. The van der Waals surface area contributed by atoms with Crippen molar-refractivity contribution in [2.24, 2.45) is 0 Å². The van der Waals surface area contributed by atoms with Crippen LogP contribution in [0.25, 0.3) is 0 Å². The molecule has 0 spiro atoms. The predicted octanol–water partition coefficient (Wildman–Crippen LogP) is 3.02. The Kier molecular flexibility index (Phi) is 7.95. The van der Waals surface area contributed by atoms with Gasteiger partial charge in [0.2, 0.25) is 0 Å². The summed E-state index contributed by atoms with van der Waals surface area (Å²) in [6, 6.07) is 29.4. The van der Waals surface area contributed by atoms with Crippen molar-refractivity contribution in [2.75, 3.05) is 13.7 Å². The number of methoxy groups -OCH3 is 1. The van der Waals surface area contributed by atoms with Gasteiger partial charge in [-0.25, -0.2) is 0 Å². The SMILES string of the molecule is COC1OC(COC(c2ccccc2)(c2ccccc2)c2ccccc2)C(O)C(OC(C)=O)C1O. The highest BCUT2D eigenvalue weighted by Crippen LogP contribution is 2.41. The van der Waals surface area contributed by atoms with Crippen molar-refractivity contribution >= 4 is 5.97 Å². The van der Waals surface area contributed by atoms with E-state index in [-0.39, 0.29) is 6.61 Å². The van der Waals surface area contributed by atoms with Gasteiger partial charge in [0.05, 0.1) is 6.61 Å². The summed E-state index contributed by atoms with van der Waals surface area (Å²) in [5.41, 5.74) is 1.65. The molecule has 5 atom stereocenters. The number of hydrogen-bond acceptors (Lipinski definition) is 7. The summed E-state index contributed by atoms with van der Waals surface area (Å²) in [6.45, 7) is 1.14. The number of rotatable bonds is 8. The van der Waals surface area contributed by atoms with Gasteiger partial charge < -0.3 is 29.2 Å². The van der Waals surface area contributed by atoms with Crippen LogP contribution in [0.3, 0.4) is 0 Å². The first-order valence-electron chi connectivity index (χ1n) is 11.5. The fraction of sp³-hybridized carbons (Fsp3) is 0.321. The Hall–Kier alpha value is -3.07. The van der Waals surface area contributed by atoms with Crippen LogP contribution >= 0.6 is 0 Å². The van der Waals surface area contributed by atoms with Crippen LogP contribution in [-0.2, 0) is 29.3 Å². The average Bonchev–Trinajstić information content (AvgIpc) is 2.90. The van der Waals surface area contributed by atoms with E-state index in [1.807, 2.05) is 91.0 Å². The molecule has 7 nitrogen and oxygen atoms in total. The van der Waals surface area contributed by atoms with Crippen molar-refractivity contribution in [3.63, 3.8) is 0 Å². The van der Waals surface area contributed by atoms with E-state index >= 15 is 0 Å². The zero-order chi connectivity index (χ0) is 24.8. The van der Waals surface area contributed by atoms with Gasteiger partial charge in [-0.05, 0) is 16.7 Å². The van der Waals surface area contributed by atoms with E-state index in [1.165, 1.54) is 14.0 Å². The van der Waals surface area contributed by atoms with Crippen LogP contribution in [0.4, 0.5) is 0 Å². The van der Waals surface area contributed by atoms with Crippen LogP contribution in [0.2, 0.25) is 0 Å². The molecule has 0 aromatic heterocycles. The van der Waals surface area contributed by atoms with Crippen LogP contribution in [0.15, 0.2) is 91.0 Å². The summed E-state index contributed by atoms with van der Waals surface area (Å²) < 4.78 is 23.0. The molecule has 184 valence electrons. The normalized spacial score (nSPS) is 24.6. The van der Waals surface area contributed by atoms with Crippen molar-refractivity contribution < 1.29 is 34.0 Å². The second-order valence-corrected chi connectivity index (χ2v) is 8.42. The molecule has 1 fully saturated rings. The van der Waals surface area contributed by atoms with Crippen LogP contribution in [0.5, 0.6) is 0 Å². The molecule has 4 rings (SSSR count). The van der Waals surface area contributed by atoms with Gasteiger partial charge in [0.1, 0.15) is 23.9 Å². The van der Waals surface area contributed by atoms with Crippen molar-refractivity contribution in [3.05, 3.63) is 108 Å². The number of esters is 1. The minimum absolute atomic E-state index is 0.0792. The fourth-order valence-electron chi connectivity index (χ4n) is 4.54. The highest BCUT2D eigenvalue weighted by Gasteiger charge is 2.48. The summed E-state index contributed by atoms with van der Waals surface area (Å²) >= 11 is 0. The number of aliphatic hydroxyl groups is 2. The van der Waals surface area contributed by atoms with Gasteiger partial charge >= 0.3 is 5.97 Å². The Labute approximate surface area is 204 Å². The molecule has 0 radical (unpaired) electrons. The monoisotopic (exact) mass is 478 g/mol. The smallest absolute Gasteiger partial charge is 0.303 e. The van der Waals surface area contributed by atoms with Gasteiger partial charge in [0.15, 0.2) is 12.4 Å². The maximum Gasteiger partial charge on any atom is 0.303 e. The Morgan fingerprint density at radius 2 is 1.29 bits per heavy atom. The molecule has 2 N–H and O–H groups in total. The maximum absolute atomic E-state index is 11.6. The van der Waals surface area contributed by atoms with E-state index in [1.54, 1.807) is 0 Å². The minimum Gasteiger partial charge on any atom is -0.457 e. The molecular formula is C28H30O7. The van der Waals surface area contributed by atoms with Gasteiger partial charge in [0, 0.05) is 14.0 Å². The predicted molar refractivity (Wildman–Crippen MR) is 128 cm³/mol. The molecule has 1 saturated heterocycles. The van der Waals surface area contributed by atoms with Crippen LogP contribution in [-0.4, -0.2) is 60.6 Å². The van der Waals surface area contributed by atoms with Crippen LogP contribution < -0.4 is 0 Å². The minimum atomic E-state index is -1.35. The summed E-state index contributed by atoms with van der Waals surface area (Å²) in [5, 5.41) is 21.5. The molecule has 7 heteroatoms. The van der Waals surface area contributed by atoms with E-state index in [9.17, 15) is 15.0 Å². The molecule has 1 heterocycles. The van der Waals surface area contributed by atoms with Gasteiger partial charge in [-0.3, -0.25) is 4.79 Å². The molecule has 5 unspecified atom stereocenters. The Bertz CT molecular complexity index is 978. The van der Waals surface area contributed by atoms with Gasteiger partial charge in [-0.15, -0.1) is 0 Å². The van der Waals surface area contributed by atoms with E-state index in [0.717, 1.165) is 16.7 Å². The summed E-state index contributed by atoms with van der Waals surface area (Å²) in [4.78, 5) is 11.6. The highest BCUT2D eigenvalue weighted by atomic mass is 16.7. The number of aliphatic hydroxyl groups excluding tert-OH is 2. The quantitative estimate of drug-likeness (QED) is 0.380. The maximum atomic E-state index is 11.6. The number of carbonyl (C=O) groups excluding carboxylic acids is 1. The molecule has 0 bridgehead atoms. The van der Waals surface area contributed by atoms with Crippen LogP contribution in [0.1, 0.15) is 23.6 Å². The largest absolute Gasteiger partial charge is 0.457 e. The first-order chi connectivity index (χ1) is 17.0. The number of ether oxygens (including phenoxy) is 4. The fourth-order valence-corrected chi connectivity index (χ4v) is 4.54. The van der Waals surface area contributed by atoms with Crippen molar-refractivity contribution in [3.8, 4) is 0 Å². The first-order valence-corrected chi connectivity index (χ1v) is 11.5. The number of carbonyl (C=O) groups is 1. The molecule has 35 heavy (non-hydrogen) atoms. The lowest BCUT2D eigenvalue weighted by atomic mass is 9.80. The second kappa shape index (κ2) is 11.1. The van der Waals surface area contributed by atoms with E-state index in [4.69, 9.17) is 18.9 Å². The van der Waals surface area contributed by atoms with Gasteiger partial charge in [-0.2, -0.15) is 0 Å². The zero-order valence-electron chi connectivity index (χ0n) is 19.7. The molecule has 1 aliphatic heterocycles. The summed E-state index contributed by atoms with van der Waals surface area (Å²) in [7, 11) is 1.37. The Morgan fingerprint density at radius 3 is 1.69 bits per heavy atom. The molecule has 3 aromatic carbocycles. The van der Waals surface area contributed by atoms with Gasteiger partial charge in [0.25, 0.3) is 0 Å². The summed E-state index contributed by atoms with van der Waals surface area (Å²) in [5.74, 6) is -0.628. The molecule has 0 aliphatic carbocycles. The van der Waals surface area contributed by atoms with Crippen molar-refractivity contribution in [2.45, 2.75) is 43.2 Å². The lowest BCUT2D eigenvalue weighted by Crippen LogP contribution is -2.60. The molecular weight excluding hydrogens is 448 g/mol. The van der Waals surface area contributed by atoms with Crippen LogP contribution in [0, 0.1) is 0 Å². The van der Waals surface area contributed by atoms with Crippen molar-refractivity contribution in [1.82, 2.24) is 0 Å². The Morgan fingerprint density at radius 1 is 0.829 bits per heavy atom. The van der Waals surface area contributed by atoms with E-state index in [0.29, 0.717) is 0 Å². The van der Waals surface area contributed by atoms with E-state index in [2.05, 4.69) is 0 Å².